The van der Waals surface area contributed by atoms with Crippen LogP contribution in [0.2, 0.25) is 0 Å². The Balaban J connectivity index is 1.70. The van der Waals surface area contributed by atoms with Gasteiger partial charge in [0.1, 0.15) is 18.0 Å². The number of methoxy groups -OCH3 is 1. The van der Waals surface area contributed by atoms with Crippen molar-refractivity contribution in [3.05, 3.63) is 60.0 Å². The van der Waals surface area contributed by atoms with Gasteiger partial charge in [-0.2, -0.15) is 4.98 Å². The molecule has 0 saturated carbocycles. The fourth-order valence-electron chi connectivity index (χ4n) is 2.68. The third-order valence-electron chi connectivity index (χ3n) is 4.17. The number of hydrogen-bond acceptors (Lipinski definition) is 7. The zero-order valence-corrected chi connectivity index (χ0v) is 16.4. The van der Waals surface area contributed by atoms with Crippen molar-refractivity contribution in [3.8, 4) is 22.9 Å². The van der Waals surface area contributed by atoms with Crippen molar-refractivity contribution in [3.63, 3.8) is 0 Å². The standard InChI is InChI=1S/C21H21N3O5/c1-4-24(21(26)16-7-11-18(12-8-16)28-14(2)25)13-19-22-20(23-29-19)15-5-9-17(27-3)10-6-15/h5-12H,4,13H2,1-3H3. The van der Waals surface area contributed by atoms with Gasteiger partial charge in [-0.1, -0.05) is 5.16 Å². The molecule has 0 aliphatic carbocycles. The maximum Gasteiger partial charge on any atom is 0.308 e. The van der Waals surface area contributed by atoms with Crippen LogP contribution in [-0.2, 0) is 11.3 Å². The van der Waals surface area contributed by atoms with E-state index in [1.165, 1.54) is 6.92 Å². The average Bonchev–Trinajstić information content (AvgIpc) is 3.20. The molecular formula is C21H21N3O5. The highest BCUT2D eigenvalue weighted by Gasteiger charge is 2.18. The molecule has 1 heterocycles. The second-order valence-corrected chi connectivity index (χ2v) is 6.18. The second kappa shape index (κ2) is 9.01. The minimum absolute atomic E-state index is 0.185. The summed E-state index contributed by atoms with van der Waals surface area (Å²) < 4.78 is 15.4. The molecule has 0 bridgehead atoms. The van der Waals surface area contributed by atoms with Crippen molar-refractivity contribution in [2.24, 2.45) is 0 Å². The van der Waals surface area contributed by atoms with E-state index in [1.54, 1.807) is 36.3 Å². The van der Waals surface area contributed by atoms with Crippen LogP contribution in [0, 0.1) is 0 Å². The monoisotopic (exact) mass is 395 g/mol. The first-order valence-electron chi connectivity index (χ1n) is 9.05. The summed E-state index contributed by atoms with van der Waals surface area (Å²) in [4.78, 5) is 29.7. The maximum absolute atomic E-state index is 12.8. The Kier molecular flexibility index (Phi) is 6.23. The summed E-state index contributed by atoms with van der Waals surface area (Å²) in [7, 11) is 1.60. The Morgan fingerprint density at radius 1 is 1.03 bits per heavy atom. The van der Waals surface area contributed by atoms with Crippen LogP contribution >= 0.6 is 0 Å². The Bertz CT molecular complexity index is 980. The van der Waals surface area contributed by atoms with E-state index >= 15 is 0 Å². The number of carbonyl (C=O) groups excluding carboxylic acids is 2. The first kappa shape index (κ1) is 20.1. The fourth-order valence-corrected chi connectivity index (χ4v) is 2.68. The van der Waals surface area contributed by atoms with E-state index < -0.39 is 5.97 Å². The van der Waals surface area contributed by atoms with Gasteiger partial charge in [0.25, 0.3) is 5.91 Å². The molecule has 0 unspecified atom stereocenters. The maximum atomic E-state index is 12.8. The van der Waals surface area contributed by atoms with Gasteiger partial charge in [0.15, 0.2) is 0 Å². The first-order valence-corrected chi connectivity index (χ1v) is 9.05. The molecule has 3 rings (SSSR count). The number of nitrogens with zero attached hydrogens (tertiary/aromatic N) is 3. The number of rotatable bonds is 7. The molecule has 0 fully saturated rings. The smallest absolute Gasteiger partial charge is 0.308 e. The third kappa shape index (κ3) is 4.98. The molecule has 1 amide bonds. The lowest BCUT2D eigenvalue weighted by molar-refractivity contribution is -0.131. The summed E-state index contributed by atoms with van der Waals surface area (Å²) in [6.45, 7) is 3.84. The van der Waals surface area contributed by atoms with E-state index in [4.69, 9.17) is 14.0 Å². The zero-order valence-electron chi connectivity index (χ0n) is 16.4. The lowest BCUT2D eigenvalue weighted by Crippen LogP contribution is -2.30. The first-order chi connectivity index (χ1) is 14.0. The van der Waals surface area contributed by atoms with Gasteiger partial charge >= 0.3 is 5.97 Å². The van der Waals surface area contributed by atoms with Gasteiger partial charge in [0.05, 0.1) is 7.11 Å². The van der Waals surface area contributed by atoms with Crippen LogP contribution in [0.15, 0.2) is 53.1 Å². The summed E-state index contributed by atoms with van der Waals surface area (Å²) in [5.41, 5.74) is 1.26. The highest BCUT2D eigenvalue weighted by molar-refractivity contribution is 5.94. The van der Waals surface area contributed by atoms with Crippen molar-refractivity contribution in [2.75, 3.05) is 13.7 Å². The van der Waals surface area contributed by atoms with Crippen molar-refractivity contribution < 1.29 is 23.6 Å². The summed E-state index contributed by atoms with van der Waals surface area (Å²) in [5.74, 6) is 1.30. The van der Waals surface area contributed by atoms with E-state index in [-0.39, 0.29) is 12.5 Å². The predicted octanol–water partition coefficient (Wildman–Crippen LogP) is 3.33. The molecule has 0 aliphatic rings. The van der Waals surface area contributed by atoms with Crippen LogP contribution in [0.4, 0.5) is 0 Å². The van der Waals surface area contributed by atoms with E-state index in [2.05, 4.69) is 10.1 Å². The molecule has 0 N–H and O–H groups in total. The van der Waals surface area contributed by atoms with E-state index in [0.717, 1.165) is 11.3 Å². The number of benzene rings is 2. The van der Waals surface area contributed by atoms with Crippen molar-refractivity contribution in [1.82, 2.24) is 15.0 Å². The second-order valence-electron chi connectivity index (χ2n) is 6.18. The van der Waals surface area contributed by atoms with Crippen molar-refractivity contribution in [1.29, 1.82) is 0 Å². The van der Waals surface area contributed by atoms with Gasteiger partial charge in [0, 0.05) is 24.6 Å². The Morgan fingerprint density at radius 2 is 1.69 bits per heavy atom. The van der Waals surface area contributed by atoms with Crippen LogP contribution in [0.3, 0.4) is 0 Å². The number of ether oxygens (including phenoxy) is 2. The molecule has 150 valence electrons. The molecule has 0 atom stereocenters. The van der Waals surface area contributed by atoms with Crippen LogP contribution < -0.4 is 9.47 Å². The number of esters is 1. The summed E-state index contributed by atoms with van der Waals surface area (Å²) >= 11 is 0. The summed E-state index contributed by atoms with van der Waals surface area (Å²) in [6, 6.07) is 13.7. The Morgan fingerprint density at radius 3 is 2.28 bits per heavy atom. The molecule has 1 aromatic heterocycles. The van der Waals surface area contributed by atoms with Gasteiger partial charge in [-0.15, -0.1) is 0 Å². The van der Waals surface area contributed by atoms with E-state index in [9.17, 15) is 9.59 Å². The van der Waals surface area contributed by atoms with Gasteiger partial charge in [0.2, 0.25) is 11.7 Å². The quantitative estimate of drug-likeness (QED) is 0.447. The van der Waals surface area contributed by atoms with Crippen LogP contribution in [0.1, 0.15) is 30.1 Å². The summed E-state index contributed by atoms with van der Waals surface area (Å²) in [6.07, 6.45) is 0. The van der Waals surface area contributed by atoms with Crippen LogP contribution in [-0.4, -0.2) is 40.6 Å². The average molecular weight is 395 g/mol. The topological polar surface area (TPSA) is 94.8 Å². The van der Waals surface area contributed by atoms with Crippen LogP contribution in [0.5, 0.6) is 11.5 Å². The normalized spacial score (nSPS) is 10.4. The molecule has 0 radical (unpaired) electrons. The summed E-state index contributed by atoms with van der Waals surface area (Å²) in [5, 5.41) is 3.99. The minimum Gasteiger partial charge on any atom is -0.497 e. The predicted molar refractivity (Wildman–Crippen MR) is 104 cm³/mol. The number of hydrogen-bond donors (Lipinski definition) is 0. The van der Waals surface area contributed by atoms with Gasteiger partial charge in [-0.3, -0.25) is 9.59 Å². The zero-order chi connectivity index (χ0) is 20.8. The SMILES string of the molecule is CCN(Cc1nc(-c2ccc(OC)cc2)no1)C(=O)c1ccc(OC(C)=O)cc1. The Labute approximate surface area is 168 Å². The number of aromatic nitrogens is 2. The van der Waals surface area contributed by atoms with E-state index in [0.29, 0.717) is 29.6 Å². The minimum atomic E-state index is -0.414. The molecule has 8 heteroatoms. The largest absolute Gasteiger partial charge is 0.497 e. The van der Waals surface area contributed by atoms with Gasteiger partial charge in [-0.05, 0) is 55.5 Å². The highest BCUT2D eigenvalue weighted by Crippen LogP contribution is 2.20. The molecule has 0 aliphatic heterocycles. The van der Waals surface area contributed by atoms with Gasteiger partial charge in [-0.25, -0.2) is 0 Å². The lowest BCUT2D eigenvalue weighted by atomic mass is 10.2. The molecule has 8 nitrogen and oxygen atoms in total. The lowest BCUT2D eigenvalue weighted by Gasteiger charge is -2.18. The third-order valence-corrected chi connectivity index (χ3v) is 4.17. The number of carbonyl (C=O) groups is 2. The fraction of sp³-hybridized carbons (Fsp3) is 0.238. The molecular weight excluding hydrogens is 374 g/mol. The van der Waals surface area contributed by atoms with E-state index in [1.807, 2.05) is 31.2 Å². The highest BCUT2D eigenvalue weighted by atomic mass is 16.5. The molecule has 3 aromatic rings. The molecule has 2 aromatic carbocycles. The van der Waals surface area contributed by atoms with Gasteiger partial charge < -0.3 is 18.9 Å². The van der Waals surface area contributed by atoms with Crippen molar-refractivity contribution >= 4 is 11.9 Å². The Hall–Kier alpha value is -3.68. The molecule has 0 spiro atoms. The van der Waals surface area contributed by atoms with Crippen molar-refractivity contribution in [2.45, 2.75) is 20.4 Å². The molecule has 0 saturated heterocycles. The number of amides is 1. The van der Waals surface area contributed by atoms with Crippen LogP contribution in [0.25, 0.3) is 11.4 Å². The molecule has 29 heavy (non-hydrogen) atoms.